The maximum absolute atomic E-state index is 6.03. The molecule has 1 unspecified atom stereocenters. The molecule has 0 saturated carbocycles. The Bertz CT molecular complexity index is 903. The molecule has 0 amide bonds. The summed E-state index contributed by atoms with van der Waals surface area (Å²) in [5.74, 6) is 0.913. The smallest absolute Gasteiger partial charge is 0.199 e. The predicted octanol–water partition coefficient (Wildman–Crippen LogP) is 7.16. The van der Waals surface area contributed by atoms with Crippen LogP contribution in [0.1, 0.15) is 51.0 Å². The molecule has 3 heteroatoms. The summed E-state index contributed by atoms with van der Waals surface area (Å²) in [7, 11) is 0. The molecule has 4 rings (SSSR count). The Balaban J connectivity index is 1.57. The summed E-state index contributed by atoms with van der Waals surface area (Å²) < 4.78 is 14.3. The zero-order chi connectivity index (χ0) is 17.8. The first kappa shape index (κ1) is 17.6. The van der Waals surface area contributed by atoms with Gasteiger partial charge in [0.1, 0.15) is 5.75 Å². The van der Waals surface area contributed by atoms with E-state index in [1.54, 1.807) is 0 Å². The van der Waals surface area contributed by atoms with Gasteiger partial charge in [-0.3, -0.25) is 0 Å². The maximum atomic E-state index is 6.03. The van der Waals surface area contributed by atoms with E-state index in [9.17, 15) is 0 Å². The van der Waals surface area contributed by atoms with Crippen LogP contribution in [0.5, 0.6) is 5.75 Å². The van der Waals surface area contributed by atoms with Crippen LogP contribution in [0.2, 0.25) is 0 Å². The van der Waals surface area contributed by atoms with E-state index in [-0.39, 0.29) is 6.29 Å². The first-order valence-electron chi connectivity index (χ1n) is 9.74. The normalized spacial score (nSPS) is 18.1. The van der Waals surface area contributed by atoms with E-state index in [4.69, 9.17) is 9.47 Å². The summed E-state index contributed by atoms with van der Waals surface area (Å²) in [4.78, 5) is 0. The molecule has 136 valence electrons. The van der Waals surface area contributed by atoms with Gasteiger partial charge in [-0.15, -0.1) is 11.3 Å². The molecule has 2 heterocycles. The number of unbranched alkanes of at least 4 members (excludes halogenated alkanes) is 2. The van der Waals surface area contributed by atoms with Gasteiger partial charge in [-0.1, -0.05) is 44.1 Å². The largest absolute Gasteiger partial charge is 0.465 e. The second kappa shape index (κ2) is 8.24. The van der Waals surface area contributed by atoms with E-state index < -0.39 is 0 Å². The predicted molar refractivity (Wildman–Crippen MR) is 112 cm³/mol. The second-order valence-corrected chi connectivity index (χ2v) is 8.06. The standard InChI is InChI=1S/C23H26O2S/c1-2-3-4-5-8-17-10-12-19-20-13-11-18(16-22(20)26-21(19)15-17)25-23-9-6-7-14-24-23/h5,8,10-13,15-16,23H,2-4,6-7,9,14H2,1H3. The van der Waals surface area contributed by atoms with Crippen molar-refractivity contribution in [1.29, 1.82) is 0 Å². The highest BCUT2D eigenvalue weighted by molar-refractivity contribution is 7.25. The Morgan fingerprint density at radius 2 is 1.96 bits per heavy atom. The van der Waals surface area contributed by atoms with Gasteiger partial charge in [-0.25, -0.2) is 0 Å². The molecule has 0 spiro atoms. The molecule has 1 aliphatic rings. The molecule has 1 aliphatic heterocycles. The van der Waals surface area contributed by atoms with Gasteiger partial charge in [0.25, 0.3) is 0 Å². The van der Waals surface area contributed by atoms with E-state index >= 15 is 0 Å². The van der Waals surface area contributed by atoms with Gasteiger partial charge >= 0.3 is 0 Å². The number of rotatable bonds is 6. The fourth-order valence-electron chi connectivity index (χ4n) is 3.45. The Hall–Kier alpha value is -1.84. The highest BCUT2D eigenvalue weighted by Crippen LogP contribution is 2.37. The summed E-state index contributed by atoms with van der Waals surface area (Å²) in [6, 6.07) is 13.2. The van der Waals surface area contributed by atoms with Gasteiger partial charge in [0.05, 0.1) is 6.61 Å². The maximum Gasteiger partial charge on any atom is 0.199 e. The lowest BCUT2D eigenvalue weighted by atomic mass is 10.1. The topological polar surface area (TPSA) is 18.5 Å². The SMILES string of the molecule is CCCCC=Cc1ccc2c(c1)sc1cc(OC3CCCCO3)ccc12. The lowest BCUT2D eigenvalue weighted by Crippen LogP contribution is -2.24. The van der Waals surface area contributed by atoms with Crippen molar-refractivity contribution >= 4 is 37.6 Å². The summed E-state index contributed by atoms with van der Waals surface area (Å²) >= 11 is 1.84. The molecule has 1 saturated heterocycles. The van der Waals surface area contributed by atoms with Gasteiger partial charge in [-0.2, -0.15) is 0 Å². The monoisotopic (exact) mass is 366 g/mol. The third-order valence-electron chi connectivity index (χ3n) is 4.91. The zero-order valence-corrected chi connectivity index (χ0v) is 16.2. The van der Waals surface area contributed by atoms with Crippen LogP contribution < -0.4 is 4.74 Å². The summed E-state index contributed by atoms with van der Waals surface area (Å²) in [5.41, 5.74) is 1.28. The molecule has 0 bridgehead atoms. The van der Waals surface area contributed by atoms with Gasteiger partial charge in [0.2, 0.25) is 0 Å². The Kier molecular flexibility index (Phi) is 5.57. The van der Waals surface area contributed by atoms with E-state index in [0.717, 1.165) is 31.6 Å². The fourth-order valence-corrected chi connectivity index (χ4v) is 4.63. The Labute approximate surface area is 159 Å². The number of hydrogen-bond donors (Lipinski definition) is 0. The molecule has 2 aromatic carbocycles. The minimum atomic E-state index is -0.0876. The quantitative estimate of drug-likeness (QED) is 0.431. The lowest BCUT2D eigenvalue weighted by molar-refractivity contribution is -0.105. The van der Waals surface area contributed by atoms with Crippen LogP contribution in [-0.4, -0.2) is 12.9 Å². The number of ether oxygens (including phenoxy) is 2. The number of benzene rings is 2. The molecule has 0 radical (unpaired) electrons. The average Bonchev–Trinajstić information content (AvgIpc) is 3.03. The molecule has 2 nitrogen and oxygen atoms in total. The van der Waals surface area contributed by atoms with Crippen molar-refractivity contribution in [3.8, 4) is 5.75 Å². The Morgan fingerprint density at radius 3 is 2.77 bits per heavy atom. The molecular formula is C23H26O2S. The van der Waals surface area contributed by atoms with Gasteiger partial charge < -0.3 is 9.47 Å². The van der Waals surface area contributed by atoms with Crippen LogP contribution in [0.25, 0.3) is 26.2 Å². The van der Waals surface area contributed by atoms with Crippen molar-refractivity contribution in [2.75, 3.05) is 6.61 Å². The molecule has 1 aromatic heterocycles. The van der Waals surface area contributed by atoms with Crippen LogP contribution in [0.15, 0.2) is 42.5 Å². The van der Waals surface area contributed by atoms with Crippen molar-refractivity contribution in [2.24, 2.45) is 0 Å². The molecular weight excluding hydrogens is 340 g/mol. The van der Waals surface area contributed by atoms with E-state index in [1.807, 2.05) is 11.3 Å². The minimum absolute atomic E-state index is 0.0876. The summed E-state index contributed by atoms with van der Waals surface area (Å²) in [6.07, 6.45) is 11.4. The van der Waals surface area contributed by atoms with Crippen molar-refractivity contribution < 1.29 is 9.47 Å². The Morgan fingerprint density at radius 1 is 1.12 bits per heavy atom. The second-order valence-electron chi connectivity index (χ2n) is 6.97. The van der Waals surface area contributed by atoms with Crippen LogP contribution in [0, 0.1) is 0 Å². The summed E-state index contributed by atoms with van der Waals surface area (Å²) in [6.45, 7) is 3.04. The molecule has 1 fully saturated rings. The first-order valence-corrected chi connectivity index (χ1v) is 10.6. The van der Waals surface area contributed by atoms with Gasteiger partial charge in [0.15, 0.2) is 6.29 Å². The van der Waals surface area contributed by atoms with Crippen LogP contribution in [0.3, 0.4) is 0 Å². The van der Waals surface area contributed by atoms with Crippen LogP contribution in [0.4, 0.5) is 0 Å². The minimum Gasteiger partial charge on any atom is -0.465 e. The number of thiophene rings is 1. The van der Waals surface area contributed by atoms with Crippen LogP contribution in [-0.2, 0) is 4.74 Å². The molecule has 26 heavy (non-hydrogen) atoms. The number of hydrogen-bond acceptors (Lipinski definition) is 3. The summed E-state index contributed by atoms with van der Waals surface area (Å²) in [5, 5.41) is 2.64. The zero-order valence-electron chi connectivity index (χ0n) is 15.4. The van der Waals surface area contributed by atoms with Gasteiger partial charge in [0, 0.05) is 26.6 Å². The number of allylic oxidation sites excluding steroid dienone is 1. The van der Waals surface area contributed by atoms with E-state index in [0.29, 0.717) is 0 Å². The third-order valence-corrected chi connectivity index (χ3v) is 6.02. The first-order chi connectivity index (χ1) is 12.8. The van der Waals surface area contributed by atoms with Gasteiger partial charge in [-0.05, 0) is 49.1 Å². The molecule has 0 N–H and O–H groups in total. The molecule has 0 aliphatic carbocycles. The van der Waals surface area contributed by atoms with Crippen molar-refractivity contribution in [1.82, 2.24) is 0 Å². The highest BCUT2D eigenvalue weighted by atomic mass is 32.1. The van der Waals surface area contributed by atoms with Crippen LogP contribution >= 0.6 is 11.3 Å². The fraction of sp³-hybridized carbons (Fsp3) is 0.391. The molecule has 1 atom stereocenters. The average molecular weight is 367 g/mol. The van der Waals surface area contributed by atoms with Crippen molar-refractivity contribution in [3.05, 3.63) is 48.0 Å². The lowest BCUT2D eigenvalue weighted by Gasteiger charge is -2.23. The highest BCUT2D eigenvalue weighted by Gasteiger charge is 2.15. The van der Waals surface area contributed by atoms with Crippen molar-refractivity contribution in [2.45, 2.75) is 51.7 Å². The van der Waals surface area contributed by atoms with E-state index in [1.165, 1.54) is 45.0 Å². The van der Waals surface area contributed by atoms with E-state index in [2.05, 4.69) is 55.5 Å². The van der Waals surface area contributed by atoms with Crippen molar-refractivity contribution in [3.63, 3.8) is 0 Å². The number of fused-ring (bicyclic) bond motifs is 3. The molecule has 3 aromatic rings. The third kappa shape index (κ3) is 3.94.